The highest BCUT2D eigenvalue weighted by atomic mass is 16.4. The molecule has 0 aromatic rings. The smallest absolute Gasteiger partial charge is 0.407 e. The second-order valence-corrected chi connectivity index (χ2v) is 4.54. The van der Waals surface area contributed by atoms with Crippen LogP contribution in [0.2, 0.25) is 0 Å². The number of carbonyl (C=O) groups is 2. The zero-order valence-electron chi connectivity index (χ0n) is 10.2. The third kappa shape index (κ3) is 3.12. The summed E-state index contributed by atoms with van der Waals surface area (Å²) in [6.07, 6.45) is 1.22. The monoisotopic (exact) mass is 254 g/mol. The molecule has 100 valence electrons. The first kappa shape index (κ1) is 12.7. The molecule has 2 amide bonds. The molecule has 18 heavy (non-hydrogen) atoms. The molecule has 0 unspecified atom stereocenters. The summed E-state index contributed by atoms with van der Waals surface area (Å²) >= 11 is 0. The number of carboxylic acid groups (broad SMARTS) is 1. The number of piperidine rings is 1. The van der Waals surface area contributed by atoms with Gasteiger partial charge in [-0.05, 0) is 19.3 Å². The fourth-order valence-electron chi connectivity index (χ4n) is 2.17. The van der Waals surface area contributed by atoms with Gasteiger partial charge in [0.1, 0.15) is 0 Å². The Morgan fingerprint density at radius 1 is 1.39 bits per heavy atom. The highest BCUT2D eigenvalue weighted by Crippen LogP contribution is 2.17. The summed E-state index contributed by atoms with van der Waals surface area (Å²) in [6, 6.07) is 0. The van der Waals surface area contributed by atoms with Crippen molar-refractivity contribution in [3.63, 3.8) is 0 Å². The minimum Gasteiger partial charge on any atom is -0.465 e. The van der Waals surface area contributed by atoms with E-state index in [4.69, 9.17) is 5.11 Å². The molecule has 7 heteroatoms. The Kier molecular flexibility index (Phi) is 4.01. The first-order chi connectivity index (χ1) is 8.66. The van der Waals surface area contributed by atoms with E-state index in [0.29, 0.717) is 31.9 Å². The van der Waals surface area contributed by atoms with E-state index in [-0.39, 0.29) is 11.8 Å². The molecule has 0 saturated carbocycles. The van der Waals surface area contributed by atoms with Crippen molar-refractivity contribution in [2.45, 2.75) is 19.3 Å². The molecule has 0 atom stereocenters. The van der Waals surface area contributed by atoms with Crippen molar-refractivity contribution in [2.24, 2.45) is 10.9 Å². The Labute approximate surface area is 105 Å². The summed E-state index contributed by atoms with van der Waals surface area (Å²) < 4.78 is 0. The quantitative estimate of drug-likeness (QED) is 0.606. The summed E-state index contributed by atoms with van der Waals surface area (Å²) in [5.41, 5.74) is 0. The van der Waals surface area contributed by atoms with Crippen LogP contribution in [0.3, 0.4) is 0 Å². The lowest BCUT2D eigenvalue weighted by atomic mass is 9.96. The van der Waals surface area contributed by atoms with Gasteiger partial charge in [0.05, 0.1) is 0 Å². The largest absolute Gasteiger partial charge is 0.465 e. The van der Waals surface area contributed by atoms with Crippen molar-refractivity contribution in [3.8, 4) is 0 Å². The predicted molar refractivity (Wildman–Crippen MR) is 65.4 cm³/mol. The SMILES string of the molecule is O=C(NC1=NCCCN1)C1CCN(C(=O)O)CC1. The van der Waals surface area contributed by atoms with Gasteiger partial charge in [0.15, 0.2) is 5.96 Å². The van der Waals surface area contributed by atoms with Gasteiger partial charge in [0.2, 0.25) is 5.91 Å². The molecule has 0 aromatic heterocycles. The molecule has 2 aliphatic heterocycles. The second kappa shape index (κ2) is 5.70. The van der Waals surface area contributed by atoms with Crippen molar-refractivity contribution >= 4 is 18.0 Å². The molecule has 2 aliphatic rings. The van der Waals surface area contributed by atoms with Crippen molar-refractivity contribution in [1.29, 1.82) is 0 Å². The molecule has 7 nitrogen and oxygen atoms in total. The number of rotatable bonds is 1. The molecule has 0 spiro atoms. The van der Waals surface area contributed by atoms with Crippen LogP contribution in [-0.4, -0.2) is 54.1 Å². The minimum atomic E-state index is -0.910. The number of nitrogens with zero attached hydrogens (tertiary/aromatic N) is 2. The van der Waals surface area contributed by atoms with E-state index in [1.165, 1.54) is 4.90 Å². The molecule has 2 rings (SSSR count). The topological polar surface area (TPSA) is 94.0 Å². The van der Waals surface area contributed by atoms with Crippen LogP contribution in [-0.2, 0) is 4.79 Å². The Bertz CT molecular complexity index is 361. The third-order valence-electron chi connectivity index (χ3n) is 3.28. The Morgan fingerprint density at radius 2 is 2.11 bits per heavy atom. The van der Waals surface area contributed by atoms with Crippen LogP contribution >= 0.6 is 0 Å². The predicted octanol–water partition coefficient (Wildman–Crippen LogP) is -0.158. The number of aliphatic imine (C=N–C) groups is 1. The van der Waals surface area contributed by atoms with E-state index in [1.54, 1.807) is 0 Å². The fourth-order valence-corrected chi connectivity index (χ4v) is 2.17. The summed E-state index contributed by atoms with van der Waals surface area (Å²) in [6.45, 7) is 2.41. The van der Waals surface area contributed by atoms with Crippen molar-refractivity contribution in [3.05, 3.63) is 0 Å². The zero-order valence-corrected chi connectivity index (χ0v) is 10.2. The van der Waals surface area contributed by atoms with Crippen molar-refractivity contribution < 1.29 is 14.7 Å². The van der Waals surface area contributed by atoms with Gasteiger partial charge in [-0.15, -0.1) is 0 Å². The van der Waals surface area contributed by atoms with Gasteiger partial charge < -0.3 is 15.3 Å². The standard InChI is InChI=1S/C11H18N4O3/c16-9(14-10-12-4-1-5-13-10)8-2-6-15(7-3-8)11(17)18/h8H,1-7H2,(H,17,18)(H2,12,13,14,16). The van der Waals surface area contributed by atoms with E-state index in [0.717, 1.165) is 19.5 Å². The lowest BCUT2D eigenvalue weighted by molar-refractivity contribution is -0.124. The van der Waals surface area contributed by atoms with Gasteiger partial charge in [0.25, 0.3) is 0 Å². The summed E-state index contributed by atoms with van der Waals surface area (Å²) in [7, 11) is 0. The number of guanidine groups is 1. The van der Waals surface area contributed by atoms with Crippen LogP contribution in [0, 0.1) is 5.92 Å². The molecule has 1 saturated heterocycles. The molecule has 3 N–H and O–H groups in total. The maximum Gasteiger partial charge on any atom is 0.407 e. The first-order valence-corrected chi connectivity index (χ1v) is 6.24. The maximum atomic E-state index is 11.9. The summed E-state index contributed by atoms with van der Waals surface area (Å²) in [4.78, 5) is 28.2. The average molecular weight is 254 g/mol. The van der Waals surface area contributed by atoms with Gasteiger partial charge in [-0.3, -0.25) is 15.1 Å². The zero-order chi connectivity index (χ0) is 13.0. The molecule has 0 aliphatic carbocycles. The van der Waals surface area contributed by atoms with E-state index in [9.17, 15) is 9.59 Å². The molecular weight excluding hydrogens is 236 g/mol. The highest BCUT2D eigenvalue weighted by molar-refractivity contribution is 5.98. The summed E-state index contributed by atoms with van der Waals surface area (Å²) in [5, 5.41) is 14.6. The number of likely N-dealkylation sites (tertiary alicyclic amines) is 1. The minimum absolute atomic E-state index is 0.0619. The fraction of sp³-hybridized carbons (Fsp3) is 0.727. The molecule has 1 fully saturated rings. The Hall–Kier alpha value is -1.79. The Balaban J connectivity index is 1.80. The number of hydrogen-bond donors (Lipinski definition) is 3. The highest BCUT2D eigenvalue weighted by Gasteiger charge is 2.27. The van der Waals surface area contributed by atoms with Crippen LogP contribution in [0.5, 0.6) is 0 Å². The normalized spacial score (nSPS) is 20.9. The van der Waals surface area contributed by atoms with Gasteiger partial charge >= 0.3 is 6.09 Å². The van der Waals surface area contributed by atoms with Crippen LogP contribution in [0.15, 0.2) is 4.99 Å². The number of nitrogens with one attached hydrogen (secondary N) is 2. The van der Waals surface area contributed by atoms with Gasteiger partial charge in [-0.25, -0.2) is 4.79 Å². The van der Waals surface area contributed by atoms with Crippen LogP contribution in [0.1, 0.15) is 19.3 Å². The van der Waals surface area contributed by atoms with Gasteiger partial charge in [-0.2, -0.15) is 0 Å². The van der Waals surface area contributed by atoms with Crippen molar-refractivity contribution in [1.82, 2.24) is 15.5 Å². The number of hydrogen-bond acceptors (Lipinski definition) is 4. The van der Waals surface area contributed by atoms with Crippen molar-refractivity contribution in [2.75, 3.05) is 26.2 Å². The van der Waals surface area contributed by atoms with E-state index in [1.807, 2.05) is 0 Å². The lowest BCUT2D eigenvalue weighted by Crippen LogP contribution is -2.48. The molecule has 2 heterocycles. The van der Waals surface area contributed by atoms with Gasteiger partial charge in [-0.1, -0.05) is 0 Å². The number of carbonyl (C=O) groups excluding carboxylic acids is 1. The molecule has 0 radical (unpaired) electrons. The molecule has 0 bridgehead atoms. The average Bonchev–Trinajstić information content (AvgIpc) is 2.40. The van der Waals surface area contributed by atoms with E-state index in [2.05, 4.69) is 15.6 Å². The van der Waals surface area contributed by atoms with E-state index >= 15 is 0 Å². The lowest BCUT2D eigenvalue weighted by Gasteiger charge is -2.29. The first-order valence-electron chi connectivity index (χ1n) is 6.24. The molecule has 0 aromatic carbocycles. The number of amides is 2. The molecular formula is C11H18N4O3. The van der Waals surface area contributed by atoms with Crippen LogP contribution in [0.25, 0.3) is 0 Å². The van der Waals surface area contributed by atoms with Crippen LogP contribution < -0.4 is 10.6 Å². The second-order valence-electron chi connectivity index (χ2n) is 4.54. The van der Waals surface area contributed by atoms with E-state index < -0.39 is 6.09 Å². The Morgan fingerprint density at radius 3 is 2.67 bits per heavy atom. The maximum absolute atomic E-state index is 11.9. The van der Waals surface area contributed by atoms with Gasteiger partial charge in [0, 0.05) is 32.1 Å². The third-order valence-corrected chi connectivity index (χ3v) is 3.28. The van der Waals surface area contributed by atoms with Crippen LogP contribution in [0.4, 0.5) is 4.79 Å². The summed E-state index contributed by atoms with van der Waals surface area (Å²) in [5.74, 6) is 0.368.